The molecule has 0 aromatic heterocycles. The number of carboxylic acid groups (broad SMARTS) is 1. The number of hydrogen-bond donors (Lipinski definition) is 2. The van der Waals surface area contributed by atoms with Crippen molar-refractivity contribution in [3.63, 3.8) is 0 Å². The molecule has 2 aliphatic rings. The number of hydrogen-bond acceptors (Lipinski definition) is 5. The number of ether oxygens (including phenoxy) is 1. The van der Waals surface area contributed by atoms with Crippen LogP contribution in [0.25, 0.3) is 0 Å². The van der Waals surface area contributed by atoms with Crippen molar-refractivity contribution in [1.29, 1.82) is 0 Å². The van der Waals surface area contributed by atoms with Crippen LogP contribution in [0, 0.1) is 5.92 Å². The zero-order chi connectivity index (χ0) is 19.3. The van der Waals surface area contributed by atoms with E-state index in [1.807, 2.05) is 6.92 Å². The smallest absolute Gasteiger partial charge is 0.326 e. The molecule has 0 bridgehead atoms. The lowest BCUT2D eigenvalue weighted by molar-refractivity contribution is -0.152. The van der Waals surface area contributed by atoms with Crippen molar-refractivity contribution in [2.45, 2.75) is 89.9 Å². The van der Waals surface area contributed by atoms with Crippen LogP contribution < -0.4 is 5.32 Å². The fourth-order valence-corrected chi connectivity index (χ4v) is 4.39. The van der Waals surface area contributed by atoms with Gasteiger partial charge in [0.15, 0.2) is 0 Å². The first-order valence-corrected chi connectivity index (χ1v) is 9.88. The van der Waals surface area contributed by atoms with Gasteiger partial charge < -0.3 is 14.7 Å². The van der Waals surface area contributed by atoms with Crippen LogP contribution >= 0.6 is 0 Å². The van der Waals surface area contributed by atoms with Crippen LogP contribution in [0.1, 0.15) is 65.7 Å². The molecule has 5 atom stereocenters. The first kappa shape index (κ1) is 20.7. The van der Waals surface area contributed by atoms with E-state index in [4.69, 9.17) is 4.74 Å². The average molecular weight is 368 g/mol. The number of nitrogens with zero attached hydrogens (tertiary/aromatic N) is 1. The number of esters is 1. The molecule has 26 heavy (non-hydrogen) atoms. The highest BCUT2D eigenvalue weighted by molar-refractivity contribution is 5.88. The highest BCUT2D eigenvalue weighted by Crippen LogP contribution is 2.40. The Hall–Kier alpha value is -1.63. The molecule has 1 unspecified atom stereocenters. The molecule has 2 rings (SSSR count). The van der Waals surface area contributed by atoms with Gasteiger partial charge in [-0.2, -0.15) is 0 Å². The molecule has 7 nitrogen and oxygen atoms in total. The Labute approximate surface area is 155 Å². The van der Waals surface area contributed by atoms with Crippen LogP contribution in [-0.2, 0) is 19.1 Å². The zero-order valence-electron chi connectivity index (χ0n) is 16.1. The second kappa shape index (κ2) is 9.35. The number of carbonyl (C=O) groups excluding carboxylic acids is 2. The second-order valence-corrected chi connectivity index (χ2v) is 7.43. The number of rotatable bonds is 8. The summed E-state index contributed by atoms with van der Waals surface area (Å²) in [6.45, 7) is 5.72. The number of fused-ring (bicyclic) bond motifs is 1. The van der Waals surface area contributed by atoms with E-state index < -0.39 is 24.1 Å². The van der Waals surface area contributed by atoms with Crippen LogP contribution in [0.15, 0.2) is 0 Å². The van der Waals surface area contributed by atoms with Crippen molar-refractivity contribution in [2.75, 3.05) is 6.61 Å². The highest BCUT2D eigenvalue weighted by atomic mass is 16.5. The molecule has 1 saturated carbocycles. The van der Waals surface area contributed by atoms with Crippen LogP contribution in [0.4, 0.5) is 0 Å². The summed E-state index contributed by atoms with van der Waals surface area (Å²) in [5, 5.41) is 12.7. The Balaban J connectivity index is 2.10. The quantitative estimate of drug-likeness (QED) is 0.636. The van der Waals surface area contributed by atoms with Crippen LogP contribution in [0.3, 0.4) is 0 Å². The normalized spacial score (nSPS) is 27.5. The van der Waals surface area contributed by atoms with E-state index in [1.165, 1.54) is 0 Å². The molecule has 0 aromatic carbocycles. The van der Waals surface area contributed by atoms with E-state index in [0.29, 0.717) is 19.4 Å². The monoisotopic (exact) mass is 368 g/mol. The SMILES string of the molecule is CCC[C@H](N[C@@H](C)C(=O)N1C2CCCC[C@H]2C[C@H]1C(=O)O)C(=O)OCC. The summed E-state index contributed by atoms with van der Waals surface area (Å²) in [7, 11) is 0. The van der Waals surface area contributed by atoms with E-state index in [9.17, 15) is 19.5 Å². The molecule has 1 amide bonds. The van der Waals surface area contributed by atoms with Gasteiger partial charge >= 0.3 is 11.9 Å². The number of likely N-dealkylation sites (tertiary alicyclic amines) is 1. The van der Waals surface area contributed by atoms with Gasteiger partial charge in [-0.25, -0.2) is 4.79 Å². The molecular weight excluding hydrogens is 336 g/mol. The van der Waals surface area contributed by atoms with Crippen LogP contribution in [-0.4, -0.2) is 58.6 Å². The third kappa shape index (κ3) is 4.55. The maximum atomic E-state index is 13.1. The number of amides is 1. The van der Waals surface area contributed by atoms with Crippen molar-refractivity contribution in [3.8, 4) is 0 Å². The molecule has 2 N–H and O–H groups in total. The molecule has 0 spiro atoms. The number of carbonyl (C=O) groups is 3. The Morgan fingerprint density at radius 1 is 1.23 bits per heavy atom. The molecule has 0 radical (unpaired) electrons. The predicted molar refractivity (Wildman–Crippen MR) is 96.6 cm³/mol. The summed E-state index contributed by atoms with van der Waals surface area (Å²) in [4.78, 5) is 38.5. The van der Waals surface area contributed by atoms with Gasteiger partial charge in [-0.3, -0.25) is 14.9 Å². The number of aliphatic carboxylic acids is 1. The van der Waals surface area contributed by atoms with Crippen molar-refractivity contribution in [1.82, 2.24) is 10.2 Å². The molecule has 7 heteroatoms. The van der Waals surface area contributed by atoms with Gasteiger partial charge in [0.1, 0.15) is 12.1 Å². The van der Waals surface area contributed by atoms with E-state index in [2.05, 4.69) is 5.32 Å². The average Bonchev–Trinajstić information content (AvgIpc) is 3.00. The van der Waals surface area contributed by atoms with E-state index >= 15 is 0 Å². The van der Waals surface area contributed by atoms with Crippen LogP contribution in [0.5, 0.6) is 0 Å². The van der Waals surface area contributed by atoms with Crippen molar-refractivity contribution in [3.05, 3.63) is 0 Å². The topological polar surface area (TPSA) is 95.9 Å². The lowest BCUT2D eigenvalue weighted by Crippen LogP contribution is -2.55. The third-order valence-electron chi connectivity index (χ3n) is 5.60. The maximum absolute atomic E-state index is 13.1. The Bertz CT molecular complexity index is 524. The largest absolute Gasteiger partial charge is 0.480 e. The fraction of sp³-hybridized carbons (Fsp3) is 0.842. The maximum Gasteiger partial charge on any atom is 0.326 e. The first-order chi connectivity index (χ1) is 12.4. The van der Waals surface area contributed by atoms with Gasteiger partial charge in [-0.05, 0) is 45.4 Å². The molecular formula is C19H32N2O5. The summed E-state index contributed by atoms with van der Waals surface area (Å²) in [6.07, 6.45) is 5.87. The van der Waals surface area contributed by atoms with Gasteiger partial charge in [0, 0.05) is 6.04 Å². The van der Waals surface area contributed by atoms with Gasteiger partial charge in [-0.1, -0.05) is 26.2 Å². The predicted octanol–water partition coefficient (Wildman–Crippen LogP) is 1.94. The minimum atomic E-state index is -0.935. The molecule has 1 heterocycles. The summed E-state index contributed by atoms with van der Waals surface area (Å²) >= 11 is 0. The van der Waals surface area contributed by atoms with E-state index in [0.717, 1.165) is 32.1 Å². The number of nitrogens with one attached hydrogen (secondary N) is 1. The fourth-order valence-electron chi connectivity index (χ4n) is 4.39. The number of carboxylic acids is 1. The lowest BCUT2D eigenvalue weighted by atomic mass is 9.84. The Morgan fingerprint density at radius 3 is 2.54 bits per heavy atom. The summed E-state index contributed by atoms with van der Waals surface area (Å²) in [5.41, 5.74) is 0. The molecule has 2 fully saturated rings. The van der Waals surface area contributed by atoms with Gasteiger partial charge in [0.2, 0.25) is 5.91 Å². The first-order valence-electron chi connectivity index (χ1n) is 9.88. The standard InChI is InChI=1S/C19H32N2O5/c1-4-8-14(19(25)26-5-2)20-12(3)17(22)21-15-10-7-6-9-13(15)11-16(21)18(23)24/h12-16,20H,4-11H2,1-3H3,(H,23,24)/t12-,13-,14-,15?,16-/m0/s1. The lowest BCUT2D eigenvalue weighted by Gasteiger charge is -2.35. The van der Waals surface area contributed by atoms with Crippen molar-refractivity contribution < 1.29 is 24.2 Å². The van der Waals surface area contributed by atoms with Crippen molar-refractivity contribution in [2.24, 2.45) is 5.92 Å². The molecule has 0 aromatic rings. The zero-order valence-corrected chi connectivity index (χ0v) is 16.1. The van der Waals surface area contributed by atoms with Crippen molar-refractivity contribution >= 4 is 17.8 Å². The Kier molecular flexibility index (Phi) is 7.43. The highest BCUT2D eigenvalue weighted by Gasteiger charge is 2.48. The van der Waals surface area contributed by atoms with E-state index in [-0.39, 0.29) is 23.8 Å². The summed E-state index contributed by atoms with van der Waals surface area (Å²) in [6, 6.07) is -1.92. The van der Waals surface area contributed by atoms with Gasteiger partial charge in [0.25, 0.3) is 0 Å². The van der Waals surface area contributed by atoms with Crippen LogP contribution in [0.2, 0.25) is 0 Å². The molecule has 148 valence electrons. The molecule has 1 aliphatic carbocycles. The Morgan fingerprint density at radius 2 is 1.92 bits per heavy atom. The molecule has 1 aliphatic heterocycles. The minimum Gasteiger partial charge on any atom is -0.480 e. The minimum absolute atomic E-state index is 0.00817. The van der Waals surface area contributed by atoms with E-state index in [1.54, 1.807) is 18.7 Å². The van der Waals surface area contributed by atoms with Gasteiger partial charge in [-0.15, -0.1) is 0 Å². The third-order valence-corrected chi connectivity index (χ3v) is 5.60. The van der Waals surface area contributed by atoms with Gasteiger partial charge in [0.05, 0.1) is 12.6 Å². The summed E-state index contributed by atoms with van der Waals surface area (Å²) < 4.78 is 5.09. The summed E-state index contributed by atoms with van der Waals surface area (Å²) in [5.74, 6) is -1.24. The second-order valence-electron chi connectivity index (χ2n) is 7.43. The molecule has 1 saturated heterocycles.